The second-order valence-electron chi connectivity index (χ2n) is 8.11. The lowest BCUT2D eigenvalue weighted by Crippen LogP contribution is -2.37. The number of carbonyl (C=O) groups is 1. The van der Waals surface area contributed by atoms with Gasteiger partial charge in [0.15, 0.2) is 5.41 Å². The molecule has 3 nitrogen and oxygen atoms in total. The minimum absolute atomic E-state index is 0.378. The number of esters is 1. The Labute approximate surface area is 168 Å². The van der Waals surface area contributed by atoms with Crippen molar-refractivity contribution in [3.63, 3.8) is 0 Å². The van der Waals surface area contributed by atoms with Crippen molar-refractivity contribution in [3.8, 4) is 22.9 Å². The van der Waals surface area contributed by atoms with Gasteiger partial charge in [0.2, 0.25) is 0 Å². The van der Waals surface area contributed by atoms with Crippen LogP contribution in [0.3, 0.4) is 0 Å². The van der Waals surface area contributed by atoms with Crippen molar-refractivity contribution in [1.82, 2.24) is 0 Å². The van der Waals surface area contributed by atoms with Crippen molar-refractivity contribution in [3.05, 3.63) is 54.1 Å². The lowest BCUT2D eigenvalue weighted by atomic mass is 9.71. The van der Waals surface area contributed by atoms with Gasteiger partial charge in [-0.15, -0.1) is 0 Å². The first-order valence-corrected chi connectivity index (χ1v) is 10.4. The second kappa shape index (κ2) is 9.06. The summed E-state index contributed by atoms with van der Waals surface area (Å²) in [6, 6.07) is 18.4. The van der Waals surface area contributed by atoms with E-state index in [1.807, 2.05) is 24.3 Å². The van der Waals surface area contributed by atoms with Crippen LogP contribution in [0.4, 0.5) is 0 Å². The Hall–Kier alpha value is -2.60. The largest absolute Gasteiger partial charge is 0.425 e. The fourth-order valence-corrected chi connectivity index (χ4v) is 4.05. The molecule has 2 unspecified atom stereocenters. The topological polar surface area (TPSA) is 50.1 Å². The zero-order chi connectivity index (χ0) is 20.0. The van der Waals surface area contributed by atoms with E-state index >= 15 is 0 Å². The molecule has 0 amide bonds. The number of nitriles is 1. The molecule has 146 valence electrons. The first kappa shape index (κ1) is 20.1. The normalized spacial score (nSPS) is 21.7. The number of aryl methyl sites for hydroxylation is 1. The third kappa shape index (κ3) is 4.62. The summed E-state index contributed by atoms with van der Waals surface area (Å²) in [6.45, 7) is 4.30. The molecule has 1 fully saturated rings. The minimum Gasteiger partial charge on any atom is -0.425 e. The van der Waals surface area contributed by atoms with Crippen LogP contribution in [0.15, 0.2) is 48.5 Å². The second-order valence-corrected chi connectivity index (χ2v) is 8.11. The molecule has 0 bridgehead atoms. The van der Waals surface area contributed by atoms with Crippen LogP contribution in [0.25, 0.3) is 11.1 Å². The predicted octanol–water partition coefficient (Wildman–Crippen LogP) is 6.32. The van der Waals surface area contributed by atoms with E-state index in [1.54, 1.807) is 0 Å². The summed E-state index contributed by atoms with van der Waals surface area (Å²) in [5, 5.41) is 9.63. The summed E-state index contributed by atoms with van der Waals surface area (Å²) in [5.41, 5.74) is 2.60. The summed E-state index contributed by atoms with van der Waals surface area (Å²) >= 11 is 0. The Morgan fingerprint density at radius 2 is 1.79 bits per heavy atom. The fourth-order valence-electron chi connectivity index (χ4n) is 4.05. The first-order chi connectivity index (χ1) is 13.6. The molecule has 0 aliphatic heterocycles. The van der Waals surface area contributed by atoms with Crippen LogP contribution in [0, 0.1) is 22.7 Å². The summed E-state index contributed by atoms with van der Waals surface area (Å²) in [4.78, 5) is 12.7. The lowest BCUT2D eigenvalue weighted by molar-refractivity contribution is -0.144. The van der Waals surface area contributed by atoms with Crippen LogP contribution in [0.5, 0.6) is 5.75 Å². The molecule has 2 aromatic rings. The van der Waals surface area contributed by atoms with E-state index in [9.17, 15) is 10.1 Å². The summed E-state index contributed by atoms with van der Waals surface area (Å²) in [6.07, 6.45) is 6.68. The van der Waals surface area contributed by atoms with Crippen LogP contribution in [-0.4, -0.2) is 5.97 Å². The smallest absolute Gasteiger partial charge is 0.331 e. The van der Waals surface area contributed by atoms with Gasteiger partial charge >= 0.3 is 5.97 Å². The van der Waals surface area contributed by atoms with Crippen LogP contribution < -0.4 is 4.74 Å². The third-order valence-electron chi connectivity index (χ3n) is 5.77. The average molecular weight is 376 g/mol. The standard InChI is InChI=1S/C25H29NO2/c1-3-4-7-20-8-10-21(11-9-20)22-12-14-23(15-13-22)28-24(27)25(18-26)16-5-6-19(2)17-25/h8-15,19H,3-7,16-17H2,1-2H3. The Kier molecular flexibility index (Phi) is 6.52. The van der Waals surface area contributed by atoms with E-state index in [0.29, 0.717) is 24.5 Å². The maximum absolute atomic E-state index is 12.7. The van der Waals surface area contributed by atoms with Crippen LogP contribution in [0.2, 0.25) is 0 Å². The van der Waals surface area contributed by atoms with E-state index in [1.165, 1.54) is 18.4 Å². The third-order valence-corrected chi connectivity index (χ3v) is 5.77. The van der Waals surface area contributed by atoms with Gasteiger partial charge in [-0.2, -0.15) is 5.26 Å². The van der Waals surface area contributed by atoms with Crippen molar-refractivity contribution in [2.24, 2.45) is 11.3 Å². The monoisotopic (exact) mass is 375 g/mol. The van der Waals surface area contributed by atoms with Crippen molar-refractivity contribution < 1.29 is 9.53 Å². The Morgan fingerprint density at radius 3 is 2.36 bits per heavy atom. The highest BCUT2D eigenvalue weighted by molar-refractivity contribution is 5.82. The zero-order valence-electron chi connectivity index (χ0n) is 16.9. The zero-order valence-corrected chi connectivity index (χ0v) is 16.9. The fraction of sp³-hybridized carbons (Fsp3) is 0.440. The van der Waals surface area contributed by atoms with Gasteiger partial charge < -0.3 is 4.74 Å². The molecule has 0 saturated heterocycles. The molecule has 0 aromatic heterocycles. The van der Waals surface area contributed by atoms with Gasteiger partial charge in [-0.3, -0.25) is 0 Å². The van der Waals surface area contributed by atoms with E-state index in [-0.39, 0.29) is 0 Å². The molecule has 2 atom stereocenters. The number of hydrogen-bond acceptors (Lipinski definition) is 3. The Morgan fingerprint density at radius 1 is 1.14 bits per heavy atom. The number of rotatable bonds is 6. The van der Waals surface area contributed by atoms with E-state index in [2.05, 4.69) is 44.2 Å². The Bertz CT molecular complexity index is 832. The molecule has 0 N–H and O–H groups in total. The SMILES string of the molecule is CCCCc1ccc(-c2ccc(OC(=O)C3(C#N)CCCC(C)C3)cc2)cc1. The van der Waals surface area contributed by atoms with Gasteiger partial charge in [-0.1, -0.05) is 69.5 Å². The van der Waals surface area contributed by atoms with Gasteiger partial charge in [0.1, 0.15) is 5.75 Å². The van der Waals surface area contributed by atoms with E-state index < -0.39 is 11.4 Å². The molecule has 3 rings (SSSR count). The molecule has 1 saturated carbocycles. The van der Waals surface area contributed by atoms with Crippen molar-refractivity contribution in [2.45, 2.75) is 58.8 Å². The minimum atomic E-state index is -0.995. The highest BCUT2D eigenvalue weighted by Gasteiger charge is 2.43. The first-order valence-electron chi connectivity index (χ1n) is 10.4. The van der Waals surface area contributed by atoms with Gasteiger partial charge in [-0.05, 0) is 60.4 Å². The van der Waals surface area contributed by atoms with Crippen molar-refractivity contribution in [2.75, 3.05) is 0 Å². The molecule has 1 aliphatic rings. The number of nitrogens with zero attached hydrogens (tertiary/aromatic N) is 1. The molecular weight excluding hydrogens is 346 g/mol. The number of unbranched alkanes of at least 4 members (excludes halogenated alkanes) is 1. The van der Waals surface area contributed by atoms with Crippen LogP contribution >= 0.6 is 0 Å². The Balaban J connectivity index is 1.67. The number of hydrogen-bond donors (Lipinski definition) is 0. The maximum atomic E-state index is 12.7. The molecule has 1 aliphatic carbocycles. The molecular formula is C25H29NO2. The highest BCUT2D eigenvalue weighted by atomic mass is 16.5. The molecule has 28 heavy (non-hydrogen) atoms. The quantitative estimate of drug-likeness (QED) is 0.438. The number of ether oxygens (including phenoxy) is 1. The molecule has 0 spiro atoms. The van der Waals surface area contributed by atoms with Crippen LogP contribution in [0.1, 0.15) is 57.9 Å². The van der Waals surface area contributed by atoms with Crippen molar-refractivity contribution in [1.29, 1.82) is 5.26 Å². The lowest BCUT2D eigenvalue weighted by Gasteiger charge is -2.31. The van der Waals surface area contributed by atoms with Crippen LogP contribution in [-0.2, 0) is 11.2 Å². The average Bonchev–Trinajstić information content (AvgIpc) is 2.73. The summed E-state index contributed by atoms with van der Waals surface area (Å²) in [5.74, 6) is 0.472. The van der Waals surface area contributed by atoms with E-state index in [4.69, 9.17) is 4.74 Å². The number of carbonyl (C=O) groups excluding carboxylic acids is 1. The molecule has 0 heterocycles. The van der Waals surface area contributed by atoms with Gasteiger partial charge in [0, 0.05) is 0 Å². The molecule has 3 heteroatoms. The summed E-state index contributed by atoms with van der Waals surface area (Å²) < 4.78 is 5.59. The van der Waals surface area contributed by atoms with Gasteiger partial charge in [-0.25, -0.2) is 4.79 Å². The van der Waals surface area contributed by atoms with Gasteiger partial charge in [0.25, 0.3) is 0 Å². The highest BCUT2D eigenvalue weighted by Crippen LogP contribution is 2.40. The molecule has 2 aromatic carbocycles. The summed E-state index contributed by atoms with van der Waals surface area (Å²) in [7, 11) is 0. The van der Waals surface area contributed by atoms with Crippen molar-refractivity contribution >= 4 is 5.97 Å². The van der Waals surface area contributed by atoms with Gasteiger partial charge in [0.05, 0.1) is 6.07 Å². The maximum Gasteiger partial charge on any atom is 0.331 e. The molecule has 0 radical (unpaired) electrons. The number of benzene rings is 2. The predicted molar refractivity (Wildman–Crippen MR) is 112 cm³/mol. The van der Waals surface area contributed by atoms with E-state index in [0.717, 1.165) is 30.4 Å².